The molecule has 1 aromatic carbocycles. The van der Waals surface area contributed by atoms with Crippen LogP contribution in [0.2, 0.25) is 0 Å². The summed E-state index contributed by atoms with van der Waals surface area (Å²) in [5.41, 5.74) is 2.19. The molecule has 0 fully saturated rings. The Balaban J connectivity index is 1.91. The molecule has 2 aromatic heterocycles. The highest BCUT2D eigenvalue weighted by Gasteiger charge is 2.14. The van der Waals surface area contributed by atoms with Gasteiger partial charge in [-0.25, -0.2) is 0 Å². The van der Waals surface area contributed by atoms with E-state index in [2.05, 4.69) is 32.2 Å². The second-order valence-corrected chi connectivity index (χ2v) is 4.89. The first-order valence-corrected chi connectivity index (χ1v) is 6.81. The second kappa shape index (κ2) is 5.46. The normalized spacial score (nSPS) is 11.3. The zero-order valence-corrected chi connectivity index (χ0v) is 11.8. The van der Waals surface area contributed by atoms with Gasteiger partial charge < -0.3 is 14.4 Å². The van der Waals surface area contributed by atoms with Crippen molar-refractivity contribution in [3.8, 4) is 11.4 Å². The van der Waals surface area contributed by atoms with Crippen molar-refractivity contribution < 1.29 is 4.52 Å². The monoisotopic (exact) mass is 270 g/mol. The third kappa shape index (κ3) is 2.32. The van der Waals surface area contributed by atoms with E-state index in [1.54, 1.807) is 0 Å². The number of para-hydroxylation sites is 1. The molecule has 0 spiro atoms. The van der Waals surface area contributed by atoms with Crippen molar-refractivity contribution in [1.82, 2.24) is 20.0 Å². The highest BCUT2D eigenvalue weighted by atomic mass is 16.5. The van der Waals surface area contributed by atoms with E-state index in [0.717, 1.165) is 30.3 Å². The summed E-state index contributed by atoms with van der Waals surface area (Å²) < 4.78 is 7.41. The van der Waals surface area contributed by atoms with Gasteiger partial charge in [0.1, 0.15) is 0 Å². The highest BCUT2D eigenvalue weighted by molar-refractivity contribution is 5.94. The molecule has 0 aliphatic rings. The fourth-order valence-electron chi connectivity index (χ4n) is 2.40. The third-order valence-corrected chi connectivity index (χ3v) is 3.42. The van der Waals surface area contributed by atoms with Gasteiger partial charge in [0.2, 0.25) is 11.7 Å². The van der Waals surface area contributed by atoms with Crippen molar-refractivity contribution in [2.45, 2.75) is 12.8 Å². The van der Waals surface area contributed by atoms with E-state index >= 15 is 0 Å². The summed E-state index contributed by atoms with van der Waals surface area (Å²) in [5.74, 6) is 1.37. The number of benzene rings is 1. The van der Waals surface area contributed by atoms with Crippen LogP contribution < -0.4 is 5.32 Å². The number of fused-ring (bicyclic) bond motifs is 1. The number of hydrogen-bond donors (Lipinski definition) is 1. The van der Waals surface area contributed by atoms with Gasteiger partial charge in [-0.2, -0.15) is 4.98 Å². The maximum Gasteiger partial charge on any atom is 0.227 e. The summed E-state index contributed by atoms with van der Waals surface area (Å²) in [6.45, 7) is 0.950. The molecule has 0 aliphatic heterocycles. The SMILES string of the molecule is CNCCCc1nc(-c2cn(C)c3ccccc23)no1. The molecule has 0 unspecified atom stereocenters. The minimum absolute atomic E-state index is 0.668. The molecule has 0 atom stereocenters. The van der Waals surface area contributed by atoms with Gasteiger partial charge in [-0.05, 0) is 26.1 Å². The fraction of sp³-hybridized carbons (Fsp3) is 0.333. The van der Waals surface area contributed by atoms with E-state index in [-0.39, 0.29) is 0 Å². The van der Waals surface area contributed by atoms with E-state index in [1.807, 2.05) is 32.4 Å². The van der Waals surface area contributed by atoms with Gasteiger partial charge in [0.25, 0.3) is 0 Å². The van der Waals surface area contributed by atoms with Crippen LogP contribution in [0.3, 0.4) is 0 Å². The van der Waals surface area contributed by atoms with Crippen molar-refractivity contribution >= 4 is 10.9 Å². The Morgan fingerprint density at radius 2 is 2.15 bits per heavy atom. The third-order valence-electron chi connectivity index (χ3n) is 3.42. The molecule has 0 aliphatic carbocycles. The first kappa shape index (κ1) is 12.9. The number of rotatable bonds is 5. The molecule has 20 heavy (non-hydrogen) atoms. The standard InChI is InChI=1S/C15H18N4O/c1-16-9-5-8-14-17-15(18-20-14)12-10-19(2)13-7-4-3-6-11(12)13/h3-4,6-7,10,16H,5,8-9H2,1-2H3. The Bertz CT molecular complexity index is 714. The van der Waals surface area contributed by atoms with Crippen LogP contribution in [0.5, 0.6) is 0 Å². The maximum atomic E-state index is 5.33. The Labute approximate surface area is 117 Å². The van der Waals surface area contributed by atoms with Gasteiger partial charge in [-0.1, -0.05) is 23.4 Å². The average molecular weight is 270 g/mol. The van der Waals surface area contributed by atoms with Crippen molar-refractivity contribution in [3.63, 3.8) is 0 Å². The lowest BCUT2D eigenvalue weighted by Gasteiger charge is -1.94. The van der Waals surface area contributed by atoms with E-state index in [4.69, 9.17) is 4.52 Å². The van der Waals surface area contributed by atoms with Crippen molar-refractivity contribution in [1.29, 1.82) is 0 Å². The van der Waals surface area contributed by atoms with Gasteiger partial charge in [0, 0.05) is 36.1 Å². The predicted molar refractivity (Wildman–Crippen MR) is 78.5 cm³/mol. The number of nitrogens with zero attached hydrogens (tertiary/aromatic N) is 3. The molecule has 0 radical (unpaired) electrons. The fourth-order valence-corrected chi connectivity index (χ4v) is 2.40. The van der Waals surface area contributed by atoms with Crippen LogP contribution in [0.4, 0.5) is 0 Å². The average Bonchev–Trinajstić information content (AvgIpc) is 3.05. The van der Waals surface area contributed by atoms with Gasteiger partial charge in [-0.3, -0.25) is 0 Å². The molecule has 104 valence electrons. The molecule has 5 heteroatoms. The molecule has 0 bridgehead atoms. The lowest BCUT2D eigenvalue weighted by molar-refractivity contribution is 0.375. The number of aromatic nitrogens is 3. The van der Waals surface area contributed by atoms with E-state index in [9.17, 15) is 0 Å². The summed E-state index contributed by atoms with van der Waals surface area (Å²) in [6.07, 6.45) is 3.85. The minimum Gasteiger partial charge on any atom is -0.350 e. The molecule has 2 heterocycles. The Morgan fingerprint density at radius 1 is 1.30 bits per heavy atom. The summed E-state index contributed by atoms with van der Waals surface area (Å²) in [5, 5.41) is 8.37. The molecule has 0 amide bonds. The lowest BCUT2D eigenvalue weighted by atomic mass is 10.2. The Hall–Kier alpha value is -2.14. The number of aryl methyl sites for hydroxylation is 2. The molecular weight excluding hydrogens is 252 g/mol. The van der Waals surface area contributed by atoms with Gasteiger partial charge in [0.05, 0.1) is 0 Å². The van der Waals surface area contributed by atoms with Crippen LogP contribution in [0, 0.1) is 0 Å². The van der Waals surface area contributed by atoms with Crippen molar-refractivity contribution in [2.75, 3.05) is 13.6 Å². The van der Waals surface area contributed by atoms with Crippen LogP contribution in [0.15, 0.2) is 35.0 Å². The van der Waals surface area contributed by atoms with Crippen molar-refractivity contribution in [3.05, 3.63) is 36.4 Å². The van der Waals surface area contributed by atoms with Crippen LogP contribution in [0.1, 0.15) is 12.3 Å². The molecule has 5 nitrogen and oxygen atoms in total. The van der Waals surface area contributed by atoms with Gasteiger partial charge in [0.15, 0.2) is 0 Å². The predicted octanol–water partition coefficient (Wildman–Crippen LogP) is 2.38. The second-order valence-electron chi connectivity index (χ2n) is 4.89. The molecule has 1 N–H and O–H groups in total. The zero-order chi connectivity index (χ0) is 13.9. The molecule has 3 rings (SSSR count). The van der Waals surface area contributed by atoms with E-state index in [0.29, 0.717) is 11.7 Å². The zero-order valence-electron chi connectivity index (χ0n) is 11.8. The smallest absolute Gasteiger partial charge is 0.227 e. The summed E-state index contributed by atoms with van der Waals surface area (Å²) in [6, 6.07) is 8.24. The number of hydrogen-bond acceptors (Lipinski definition) is 4. The van der Waals surface area contributed by atoms with Crippen LogP contribution in [-0.4, -0.2) is 28.3 Å². The quantitative estimate of drug-likeness (QED) is 0.723. The number of nitrogens with one attached hydrogen (secondary N) is 1. The molecule has 3 aromatic rings. The summed E-state index contributed by atoms with van der Waals surface area (Å²) >= 11 is 0. The van der Waals surface area contributed by atoms with E-state index in [1.165, 1.54) is 5.52 Å². The highest BCUT2D eigenvalue weighted by Crippen LogP contribution is 2.28. The van der Waals surface area contributed by atoms with Crippen molar-refractivity contribution in [2.24, 2.45) is 7.05 Å². The summed E-state index contributed by atoms with van der Waals surface area (Å²) in [4.78, 5) is 4.50. The molecule has 0 saturated heterocycles. The maximum absolute atomic E-state index is 5.33. The lowest BCUT2D eigenvalue weighted by Crippen LogP contribution is -2.08. The summed E-state index contributed by atoms with van der Waals surface area (Å²) in [7, 11) is 3.97. The van der Waals surface area contributed by atoms with Crippen LogP contribution >= 0.6 is 0 Å². The minimum atomic E-state index is 0.668. The van der Waals surface area contributed by atoms with Gasteiger partial charge >= 0.3 is 0 Å². The first-order valence-electron chi connectivity index (χ1n) is 6.81. The molecular formula is C15H18N4O. The van der Waals surface area contributed by atoms with Crippen LogP contribution in [0.25, 0.3) is 22.3 Å². The first-order chi connectivity index (χ1) is 9.79. The largest absolute Gasteiger partial charge is 0.350 e. The molecule has 0 saturated carbocycles. The topological polar surface area (TPSA) is 55.9 Å². The Morgan fingerprint density at radius 3 is 3.00 bits per heavy atom. The van der Waals surface area contributed by atoms with Gasteiger partial charge in [-0.15, -0.1) is 0 Å². The Kier molecular flexibility index (Phi) is 3.52. The van der Waals surface area contributed by atoms with E-state index < -0.39 is 0 Å². The van der Waals surface area contributed by atoms with Crippen LogP contribution in [-0.2, 0) is 13.5 Å².